The molecule has 4 heteroatoms. The fourth-order valence-corrected chi connectivity index (χ4v) is 3.44. The standard InChI is InChI=1S/C22H21N3O/c1-2-3-14-21-24-19-12-5-4-8-17(19)22(26)25(21)20-13-7-9-15-16(20)10-6-11-18(15)23/h4-13H,2-3,14,23H2,1H3. The number of benzene rings is 3. The Morgan fingerprint density at radius 2 is 1.65 bits per heavy atom. The number of nitrogen functional groups attached to an aromatic ring is 1. The van der Waals surface area contributed by atoms with E-state index in [-0.39, 0.29) is 5.56 Å². The molecule has 1 aromatic heterocycles. The second-order valence-corrected chi connectivity index (χ2v) is 6.51. The van der Waals surface area contributed by atoms with Crippen molar-refractivity contribution in [2.24, 2.45) is 0 Å². The van der Waals surface area contributed by atoms with E-state index in [0.29, 0.717) is 11.1 Å². The van der Waals surface area contributed by atoms with Crippen molar-refractivity contribution in [1.82, 2.24) is 9.55 Å². The Morgan fingerprint density at radius 1 is 0.923 bits per heavy atom. The average Bonchev–Trinajstić information content (AvgIpc) is 2.67. The van der Waals surface area contributed by atoms with Gasteiger partial charge in [0.1, 0.15) is 5.82 Å². The highest BCUT2D eigenvalue weighted by Crippen LogP contribution is 2.27. The molecule has 0 fully saturated rings. The van der Waals surface area contributed by atoms with Gasteiger partial charge in [-0.25, -0.2) is 4.98 Å². The van der Waals surface area contributed by atoms with Gasteiger partial charge >= 0.3 is 0 Å². The summed E-state index contributed by atoms with van der Waals surface area (Å²) in [6.45, 7) is 2.14. The molecule has 4 rings (SSSR count). The van der Waals surface area contributed by atoms with Crippen LogP contribution >= 0.6 is 0 Å². The molecule has 4 aromatic rings. The summed E-state index contributed by atoms with van der Waals surface area (Å²) in [5.74, 6) is 0.797. The van der Waals surface area contributed by atoms with Gasteiger partial charge in [0.25, 0.3) is 5.56 Å². The van der Waals surface area contributed by atoms with Crippen LogP contribution in [0.25, 0.3) is 27.4 Å². The van der Waals surface area contributed by atoms with Gasteiger partial charge in [0, 0.05) is 22.9 Å². The van der Waals surface area contributed by atoms with Gasteiger partial charge in [-0.05, 0) is 30.7 Å². The molecule has 0 spiro atoms. The van der Waals surface area contributed by atoms with Crippen molar-refractivity contribution in [3.8, 4) is 5.69 Å². The number of hydrogen-bond acceptors (Lipinski definition) is 3. The highest BCUT2D eigenvalue weighted by Gasteiger charge is 2.14. The van der Waals surface area contributed by atoms with Gasteiger partial charge < -0.3 is 5.73 Å². The van der Waals surface area contributed by atoms with E-state index in [1.807, 2.05) is 60.7 Å². The van der Waals surface area contributed by atoms with Crippen molar-refractivity contribution >= 4 is 27.4 Å². The average molecular weight is 343 g/mol. The van der Waals surface area contributed by atoms with Crippen molar-refractivity contribution in [2.45, 2.75) is 26.2 Å². The van der Waals surface area contributed by atoms with E-state index in [0.717, 1.165) is 47.1 Å². The quantitative estimate of drug-likeness (QED) is 0.556. The predicted molar refractivity (Wildman–Crippen MR) is 108 cm³/mol. The highest BCUT2D eigenvalue weighted by atomic mass is 16.1. The summed E-state index contributed by atoms with van der Waals surface area (Å²) in [6.07, 6.45) is 2.79. The molecule has 0 unspecified atom stereocenters. The van der Waals surface area contributed by atoms with E-state index in [1.54, 1.807) is 4.57 Å². The van der Waals surface area contributed by atoms with E-state index in [4.69, 9.17) is 10.7 Å². The lowest BCUT2D eigenvalue weighted by molar-refractivity contribution is 0.722. The normalized spacial score (nSPS) is 11.3. The first-order valence-electron chi connectivity index (χ1n) is 8.99. The van der Waals surface area contributed by atoms with Gasteiger partial charge in [-0.1, -0.05) is 49.7 Å². The summed E-state index contributed by atoms with van der Waals surface area (Å²) >= 11 is 0. The van der Waals surface area contributed by atoms with E-state index < -0.39 is 0 Å². The number of unbranched alkanes of at least 4 members (excludes halogenated alkanes) is 1. The summed E-state index contributed by atoms with van der Waals surface area (Å²) in [4.78, 5) is 18.1. The Morgan fingerprint density at radius 3 is 2.50 bits per heavy atom. The molecular formula is C22H21N3O. The van der Waals surface area contributed by atoms with Crippen LogP contribution in [0.15, 0.2) is 65.5 Å². The second-order valence-electron chi connectivity index (χ2n) is 6.51. The number of anilines is 1. The molecular weight excluding hydrogens is 322 g/mol. The molecule has 26 heavy (non-hydrogen) atoms. The van der Waals surface area contributed by atoms with Gasteiger partial charge in [0.15, 0.2) is 0 Å². The van der Waals surface area contributed by atoms with Gasteiger partial charge in [-0.15, -0.1) is 0 Å². The number of rotatable bonds is 4. The largest absolute Gasteiger partial charge is 0.398 e. The number of para-hydroxylation sites is 1. The first kappa shape index (κ1) is 16.3. The van der Waals surface area contributed by atoms with E-state index in [2.05, 4.69) is 6.92 Å². The molecule has 0 radical (unpaired) electrons. The van der Waals surface area contributed by atoms with Crippen LogP contribution in [-0.2, 0) is 6.42 Å². The first-order chi connectivity index (χ1) is 12.7. The maximum absolute atomic E-state index is 13.3. The van der Waals surface area contributed by atoms with Crippen molar-refractivity contribution < 1.29 is 0 Å². The highest BCUT2D eigenvalue weighted by molar-refractivity contribution is 5.98. The summed E-state index contributed by atoms with van der Waals surface area (Å²) in [5.41, 5.74) is 8.41. The third kappa shape index (κ3) is 2.64. The topological polar surface area (TPSA) is 60.9 Å². The molecule has 2 N–H and O–H groups in total. The molecule has 1 heterocycles. The van der Waals surface area contributed by atoms with Crippen LogP contribution in [0.5, 0.6) is 0 Å². The van der Waals surface area contributed by atoms with Crippen LogP contribution in [0.4, 0.5) is 5.69 Å². The minimum absolute atomic E-state index is 0.0309. The zero-order valence-electron chi connectivity index (χ0n) is 14.8. The molecule has 0 saturated heterocycles. The number of aromatic nitrogens is 2. The second kappa shape index (κ2) is 6.64. The third-order valence-corrected chi connectivity index (χ3v) is 4.77. The van der Waals surface area contributed by atoms with Crippen molar-refractivity contribution in [2.75, 3.05) is 5.73 Å². The van der Waals surface area contributed by atoms with Gasteiger partial charge in [0.2, 0.25) is 0 Å². The van der Waals surface area contributed by atoms with E-state index >= 15 is 0 Å². The molecule has 0 aliphatic rings. The Kier molecular flexibility index (Phi) is 4.17. The minimum Gasteiger partial charge on any atom is -0.398 e. The van der Waals surface area contributed by atoms with E-state index in [9.17, 15) is 4.79 Å². The summed E-state index contributed by atoms with van der Waals surface area (Å²) in [6, 6.07) is 19.2. The molecule has 0 aliphatic carbocycles. The Bertz CT molecular complexity index is 1160. The van der Waals surface area contributed by atoms with Gasteiger partial charge in [-0.3, -0.25) is 9.36 Å². The molecule has 130 valence electrons. The van der Waals surface area contributed by atoms with Crippen molar-refractivity contribution in [1.29, 1.82) is 0 Å². The third-order valence-electron chi connectivity index (χ3n) is 4.77. The summed E-state index contributed by atoms with van der Waals surface area (Å²) in [7, 11) is 0. The van der Waals surface area contributed by atoms with Crippen LogP contribution in [0.3, 0.4) is 0 Å². The van der Waals surface area contributed by atoms with Crippen LogP contribution in [0.1, 0.15) is 25.6 Å². The van der Waals surface area contributed by atoms with Crippen molar-refractivity contribution in [3.63, 3.8) is 0 Å². The van der Waals surface area contributed by atoms with E-state index in [1.165, 1.54) is 0 Å². The summed E-state index contributed by atoms with van der Waals surface area (Å²) < 4.78 is 1.76. The number of nitrogens with zero attached hydrogens (tertiary/aromatic N) is 2. The molecule has 0 amide bonds. The Labute approximate surface area is 151 Å². The number of nitrogens with two attached hydrogens (primary N) is 1. The number of hydrogen-bond donors (Lipinski definition) is 1. The fraction of sp³-hybridized carbons (Fsp3) is 0.182. The van der Waals surface area contributed by atoms with Crippen LogP contribution < -0.4 is 11.3 Å². The molecule has 0 atom stereocenters. The van der Waals surface area contributed by atoms with Gasteiger partial charge in [-0.2, -0.15) is 0 Å². The zero-order chi connectivity index (χ0) is 18.1. The fourth-order valence-electron chi connectivity index (χ4n) is 3.44. The SMILES string of the molecule is CCCCc1nc2ccccc2c(=O)n1-c1cccc2c(N)cccc12. The lowest BCUT2D eigenvalue weighted by atomic mass is 10.1. The monoisotopic (exact) mass is 343 g/mol. The molecule has 0 aliphatic heterocycles. The molecule has 0 saturated carbocycles. The molecule has 4 nitrogen and oxygen atoms in total. The zero-order valence-corrected chi connectivity index (χ0v) is 14.8. The lowest BCUT2D eigenvalue weighted by Gasteiger charge is -2.16. The smallest absolute Gasteiger partial charge is 0.265 e. The van der Waals surface area contributed by atoms with Crippen molar-refractivity contribution in [3.05, 3.63) is 76.8 Å². The number of fused-ring (bicyclic) bond motifs is 2. The summed E-state index contributed by atoms with van der Waals surface area (Å²) in [5, 5.41) is 2.55. The number of aryl methyl sites for hydroxylation is 1. The lowest BCUT2D eigenvalue weighted by Crippen LogP contribution is -2.24. The Hall–Kier alpha value is -3.14. The Balaban J connectivity index is 2.09. The maximum atomic E-state index is 13.3. The molecule has 3 aromatic carbocycles. The first-order valence-corrected chi connectivity index (χ1v) is 8.99. The predicted octanol–water partition coefficient (Wildman–Crippen LogP) is 4.46. The maximum Gasteiger partial charge on any atom is 0.265 e. The van der Waals surface area contributed by atoms with Crippen LogP contribution in [0.2, 0.25) is 0 Å². The molecule has 0 bridgehead atoms. The minimum atomic E-state index is -0.0309. The van der Waals surface area contributed by atoms with Crippen LogP contribution in [-0.4, -0.2) is 9.55 Å². The van der Waals surface area contributed by atoms with Gasteiger partial charge in [0.05, 0.1) is 16.6 Å². The van der Waals surface area contributed by atoms with Crippen LogP contribution in [0, 0.1) is 0 Å².